The quantitative estimate of drug-likeness (QED) is 0.279. The average Bonchev–Trinajstić information content (AvgIpc) is 1.72. The van der Waals surface area contributed by atoms with Crippen LogP contribution in [0.25, 0.3) is 0 Å². The van der Waals surface area contributed by atoms with Crippen molar-refractivity contribution in [2.45, 2.75) is 0 Å². The molecule has 0 aromatic carbocycles. The zero-order chi connectivity index (χ0) is 4.24. The van der Waals surface area contributed by atoms with Crippen LogP contribution in [0.5, 0.6) is 0 Å². The predicted molar refractivity (Wildman–Crippen MR) is 36.6 cm³/mol. The van der Waals surface area contributed by atoms with Gasteiger partial charge in [0.1, 0.15) is 0 Å². The molecule has 34 valence electrons. The highest BCUT2D eigenvalue weighted by atomic mass is 28.1. The second-order valence-corrected chi connectivity index (χ2v) is 1.28. The van der Waals surface area contributed by atoms with Crippen LogP contribution >= 0.6 is 0 Å². The van der Waals surface area contributed by atoms with Crippen molar-refractivity contribution in [2.24, 2.45) is 0 Å². The lowest BCUT2D eigenvalue weighted by Gasteiger charge is -2.08. The molecule has 3 N–H and O–H groups in total. The molecule has 0 bridgehead atoms. The molecule has 1 aliphatic heterocycles. The summed E-state index contributed by atoms with van der Waals surface area (Å²) in [7, 11) is 2.81. The van der Waals surface area contributed by atoms with E-state index in [0.29, 0.717) is 0 Å². The van der Waals surface area contributed by atoms with Crippen molar-refractivity contribution in [3.63, 3.8) is 0 Å². The third-order valence-corrected chi connectivity index (χ3v) is 0.750. The number of nitrogens with one attached hydrogen (secondary N) is 3. The van der Waals surface area contributed by atoms with E-state index in [1.165, 1.54) is 0 Å². The molecule has 0 spiro atoms. The highest BCUT2D eigenvalue weighted by Gasteiger charge is 1.97. The molecule has 7 heteroatoms. The summed E-state index contributed by atoms with van der Waals surface area (Å²) in [5.41, 5.74) is 0. The van der Waals surface area contributed by atoms with Gasteiger partial charge in [-0.15, -0.1) is 0 Å². The van der Waals surface area contributed by atoms with Crippen molar-refractivity contribution in [3.8, 4) is 0 Å². The third kappa shape index (κ3) is 2.93. The van der Waals surface area contributed by atoms with Crippen LogP contribution in [0.3, 0.4) is 0 Å². The van der Waals surface area contributed by atoms with Crippen molar-refractivity contribution in [2.75, 3.05) is 0 Å². The largest absolute Gasteiger partial charge is 0.378 e. The first-order valence-corrected chi connectivity index (χ1v) is 2.12. The van der Waals surface area contributed by atoms with Crippen LogP contribution in [0.4, 0.5) is 0 Å². The van der Waals surface area contributed by atoms with E-state index >= 15 is 0 Å². The van der Waals surface area contributed by atoms with Gasteiger partial charge in [0.05, 0.1) is 0 Å². The molecular formula is H6B3N3Si. The lowest BCUT2D eigenvalue weighted by molar-refractivity contribution is 1.28. The molecule has 1 fully saturated rings. The fourth-order valence-corrected chi connectivity index (χ4v) is 0.453. The zero-order valence-electron chi connectivity index (χ0n) is 4.12. The molecule has 0 amide bonds. The highest BCUT2D eigenvalue weighted by Crippen LogP contribution is 1.46. The second kappa shape index (κ2) is 4.45. The Morgan fingerprint density at radius 3 is 1.14 bits per heavy atom. The van der Waals surface area contributed by atoms with Crippen molar-refractivity contribution in [1.82, 2.24) is 15.4 Å². The van der Waals surface area contributed by atoms with E-state index in [1.54, 1.807) is 0 Å². The van der Waals surface area contributed by atoms with Crippen LogP contribution in [-0.4, -0.2) is 33.6 Å². The molecule has 0 aromatic rings. The van der Waals surface area contributed by atoms with E-state index in [-0.39, 0.29) is 11.0 Å². The first-order valence-electron chi connectivity index (χ1n) is 2.12. The Labute approximate surface area is 49.9 Å². The molecule has 1 aliphatic rings. The van der Waals surface area contributed by atoms with Gasteiger partial charge in [-0.1, -0.05) is 0 Å². The molecule has 0 aromatic heterocycles. The topological polar surface area (TPSA) is 36.1 Å². The number of hydrogen-bond donors (Lipinski definition) is 3. The van der Waals surface area contributed by atoms with Crippen molar-refractivity contribution < 1.29 is 0 Å². The minimum absolute atomic E-state index is 0. The third-order valence-electron chi connectivity index (χ3n) is 0.750. The summed E-state index contributed by atoms with van der Waals surface area (Å²) in [5.74, 6) is 0. The van der Waals surface area contributed by atoms with E-state index in [9.17, 15) is 0 Å². The van der Waals surface area contributed by atoms with E-state index in [2.05, 4.69) is 15.4 Å². The first kappa shape index (κ1) is 7.29. The summed E-state index contributed by atoms with van der Waals surface area (Å²) in [5, 5.41) is 9.19. The Balaban J connectivity index is 0.000000360. The molecule has 1 rings (SSSR count). The van der Waals surface area contributed by atoms with E-state index in [1.807, 2.05) is 0 Å². The van der Waals surface area contributed by atoms with Crippen LogP contribution in [0.2, 0.25) is 0 Å². The maximum Gasteiger partial charge on any atom is 0.265 e. The summed E-state index contributed by atoms with van der Waals surface area (Å²) in [6.45, 7) is 0. The van der Waals surface area contributed by atoms with Gasteiger partial charge in [0.15, 0.2) is 0 Å². The van der Waals surface area contributed by atoms with Gasteiger partial charge >= 0.3 is 0 Å². The van der Waals surface area contributed by atoms with Gasteiger partial charge in [-0.2, -0.15) is 0 Å². The first-order chi connectivity index (χ1) is 3.00. The van der Waals surface area contributed by atoms with Crippen molar-refractivity contribution in [3.05, 3.63) is 0 Å². The molecule has 7 heavy (non-hydrogen) atoms. The summed E-state index contributed by atoms with van der Waals surface area (Å²) < 4.78 is 0. The Hall–Kier alpha value is 0.292. The molecule has 1 heterocycles. The SMILES string of the molecule is B1NBNBN1.[Si]. The summed E-state index contributed by atoms with van der Waals surface area (Å²) in [6.07, 6.45) is 0. The number of rotatable bonds is 0. The highest BCUT2D eigenvalue weighted by molar-refractivity contribution is 6.65. The summed E-state index contributed by atoms with van der Waals surface area (Å²) in [6, 6.07) is 0. The molecule has 0 atom stereocenters. The fraction of sp³-hybridized carbons (Fsp3) is 0. The fourth-order valence-electron chi connectivity index (χ4n) is 0.453. The Morgan fingerprint density at radius 2 is 1.00 bits per heavy atom. The zero-order valence-corrected chi connectivity index (χ0v) is 5.12. The molecule has 1 saturated heterocycles. The van der Waals surface area contributed by atoms with Crippen LogP contribution < -0.4 is 15.4 Å². The molecule has 4 radical (unpaired) electrons. The summed E-state index contributed by atoms with van der Waals surface area (Å²) >= 11 is 0. The maximum atomic E-state index is 3.06. The second-order valence-electron chi connectivity index (χ2n) is 1.28. The van der Waals surface area contributed by atoms with E-state index < -0.39 is 0 Å². The molecule has 0 saturated carbocycles. The van der Waals surface area contributed by atoms with Crippen molar-refractivity contribution >= 4 is 33.6 Å². The monoisotopic (exact) mass is 109 g/mol. The average molecular weight is 109 g/mol. The van der Waals surface area contributed by atoms with Crippen LogP contribution in [0, 0.1) is 0 Å². The molecular weight excluding hydrogens is 103 g/mol. The normalized spacial score (nSPS) is 17.1. The maximum absolute atomic E-state index is 3.06. The van der Waals surface area contributed by atoms with Crippen molar-refractivity contribution in [1.29, 1.82) is 0 Å². The van der Waals surface area contributed by atoms with Gasteiger partial charge in [-0.3, -0.25) is 0 Å². The van der Waals surface area contributed by atoms with Crippen LogP contribution in [0.15, 0.2) is 0 Å². The van der Waals surface area contributed by atoms with E-state index in [0.717, 1.165) is 22.6 Å². The lowest BCUT2D eigenvalue weighted by atomic mass is 9.85. The van der Waals surface area contributed by atoms with Gasteiger partial charge in [-0.25, -0.2) is 0 Å². The minimum Gasteiger partial charge on any atom is -0.378 e. The van der Waals surface area contributed by atoms with Gasteiger partial charge in [0.2, 0.25) is 0 Å². The molecule has 0 unspecified atom stereocenters. The summed E-state index contributed by atoms with van der Waals surface area (Å²) in [4.78, 5) is 0. The standard InChI is InChI=1S/B3H6N3.Si/c1-4-2-6-3-5-1;/h1-6H;. The molecule has 3 nitrogen and oxygen atoms in total. The predicted octanol–water partition coefficient (Wildman–Crippen LogP) is -3.81. The number of hydrogen-bond acceptors (Lipinski definition) is 3. The smallest absolute Gasteiger partial charge is 0.265 e. The lowest BCUT2D eigenvalue weighted by Crippen LogP contribution is -2.55. The van der Waals surface area contributed by atoms with Crippen LogP contribution in [-0.2, 0) is 0 Å². The Bertz CT molecular complexity index is 25.7. The minimum atomic E-state index is 0. The molecule has 0 aliphatic carbocycles. The Morgan fingerprint density at radius 1 is 0.714 bits per heavy atom. The van der Waals surface area contributed by atoms with Gasteiger partial charge in [0.25, 0.3) is 22.6 Å². The van der Waals surface area contributed by atoms with E-state index in [4.69, 9.17) is 0 Å². The van der Waals surface area contributed by atoms with Gasteiger partial charge < -0.3 is 15.4 Å². The van der Waals surface area contributed by atoms with Gasteiger partial charge in [-0.05, 0) is 0 Å². The van der Waals surface area contributed by atoms with Crippen LogP contribution in [0.1, 0.15) is 0 Å². The van der Waals surface area contributed by atoms with Gasteiger partial charge in [0, 0.05) is 11.0 Å². The Kier molecular flexibility index (Phi) is 4.64.